The zero-order valence-corrected chi connectivity index (χ0v) is 74.9. The summed E-state index contributed by atoms with van der Waals surface area (Å²) in [5, 5.41) is 32.3. The van der Waals surface area contributed by atoms with Gasteiger partial charge < -0.3 is 84.2 Å². The van der Waals surface area contributed by atoms with Gasteiger partial charge in [-0.2, -0.15) is 10.1 Å². The Kier molecular flexibility index (Phi) is 33.9. The van der Waals surface area contributed by atoms with E-state index in [4.69, 9.17) is 54.1 Å². The van der Waals surface area contributed by atoms with Gasteiger partial charge in [-0.05, 0) is 150 Å². The Morgan fingerprint density at radius 2 is 1.48 bits per heavy atom. The number of cyclic esters (lactones) is 1. The number of amides is 3. The summed E-state index contributed by atoms with van der Waals surface area (Å²) in [7, 11) is 4.51. The zero-order valence-electron chi connectivity index (χ0n) is 74.9. The molecule has 5 aromatic heterocycles. The van der Waals surface area contributed by atoms with Crippen LogP contribution in [0, 0.1) is 35.5 Å². The number of ether oxygens (including phenoxy) is 7. The van der Waals surface area contributed by atoms with E-state index in [2.05, 4.69) is 50.0 Å². The van der Waals surface area contributed by atoms with Gasteiger partial charge in [0, 0.05) is 167 Å². The van der Waals surface area contributed by atoms with Gasteiger partial charge in [-0.25, -0.2) is 39.4 Å². The van der Waals surface area contributed by atoms with Crippen LogP contribution in [0.4, 0.5) is 23.7 Å². The number of oxazole rings is 1. The molecule has 5 fully saturated rings. The summed E-state index contributed by atoms with van der Waals surface area (Å²) in [5.41, 5.74) is 17.6. The van der Waals surface area contributed by atoms with Crippen LogP contribution in [0.15, 0.2) is 101 Å². The second-order valence-corrected chi connectivity index (χ2v) is 35.0. The Labute approximate surface area is 741 Å². The normalized spacial score (nSPS) is 28.0. The van der Waals surface area contributed by atoms with Crippen LogP contribution >= 0.6 is 0 Å². The number of benzene rings is 1. The molecule has 0 unspecified atom stereocenters. The number of methoxy groups -OCH3 is 3. The number of nitrogens with two attached hydrogens (primary N) is 2. The highest BCUT2D eigenvalue weighted by Gasteiger charge is 2.53. The minimum atomic E-state index is -2.49. The lowest BCUT2D eigenvalue weighted by molar-refractivity contribution is -0.265. The second-order valence-electron chi connectivity index (χ2n) is 35.0. The first-order valence-corrected chi connectivity index (χ1v) is 44.9. The van der Waals surface area contributed by atoms with Gasteiger partial charge in [-0.1, -0.05) is 71.1 Å². The highest BCUT2D eigenvalue weighted by Crippen LogP contribution is 2.40. The number of hydrogen-bond acceptors (Lipinski definition) is 31. The summed E-state index contributed by atoms with van der Waals surface area (Å²) in [6.45, 7) is 20.1. The lowest BCUT2D eigenvalue weighted by Crippen LogP contribution is -2.61. The maximum absolute atomic E-state index is 14.8. The number of Topliss-reactive ketones (excluding diaryl/α,β-unsaturated/α-hetero) is 3. The number of ketones is 3. The van der Waals surface area contributed by atoms with Crippen molar-refractivity contribution < 1.29 is 86.1 Å². The number of fused-ring (bicyclic) bond motifs is 5. The van der Waals surface area contributed by atoms with Crippen molar-refractivity contribution in [1.82, 2.24) is 64.7 Å². The average Bonchev–Trinajstić information content (AvgIpc) is 1.52. The van der Waals surface area contributed by atoms with Crippen LogP contribution in [0.25, 0.3) is 33.4 Å². The van der Waals surface area contributed by atoms with Crippen LogP contribution < -0.4 is 26.6 Å². The first-order valence-electron chi connectivity index (χ1n) is 44.9. The molecular formula is C92H127N17O18. The number of nitrogen functional groups attached to an aromatic ring is 2. The average molecular weight is 1760 g/mol. The second kappa shape index (κ2) is 45.0. The molecular weight excluding hydrogens is 1630 g/mol. The molecule has 35 heteroatoms. The summed E-state index contributed by atoms with van der Waals surface area (Å²) in [4.78, 5) is 153. The zero-order chi connectivity index (χ0) is 90.6. The largest absolute Gasteiger partial charge is 0.460 e. The Morgan fingerprint density at radius 3 is 2.20 bits per heavy atom. The lowest BCUT2D eigenvalue weighted by atomic mass is 9.78. The lowest BCUT2D eigenvalue weighted by Gasteiger charge is -2.42. The summed E-state index contributed by atoms with van der Waals surface area (Å²) >= 11 is 0. The van der Waals surface area contributed by atoms with Crippen molar-refractivity contribution in [2.24, 2.45) is 35.5 Å². The van der Waals surface area contributed by atoms with Crippen LogP contribution in [0.5, 0.6) is 0 Å². The first kappa shape index (κ1) is 95.7. The van der Waals surface area contributed by atoms with Crippen LogP contribution in [-0.4, -0.2) is 278 Å². The highest BCUT2D eigenvalue weighted by atomic mass is 16.6. The highest BCUT2D eigenvalue weighted by molar-refractivity contribution is 6.39. The summed E-state index contributed by atoms with van der Waals surface area (Å²) in [5.74, 6) is -7.96. The van der Waals surface area contributed by atoms with Gasteiger partial charge in [0.05, 0.1) is 48.9 Å². The van der Waals surface area contributed by atoms with E-state index in [0.29, 0.717) is 206 Å². The van der Waals surface area contributed by atoms with Crippen LogP contribution in [0.1, 0.15) is 167 Å². The van der Waals surface area contributed by atoms with E-state index < -0.39 is 102 Å². The molecule has 5 aliphatic heterocycles. The molecule has 2 bridgehead atoms. The first-order chi connectivity index (χ1) is 61.1. The number of nitrogens with one attached hydrogen (secondary N) is 1. The summed E-state index contributed by atoms with van der Waals surface area (Å²) < 4.78 is 49.5. The van der Waals surface area contributed by atoms with Crippen LogP contribution in [0.2, 0.25) is 0 Å². The quantitative estimate of drug-likeness (QED) is 0.0156. The van der Waals surface area contributed by atoms with E-state index in [-0.39, 0.29) is 79.9 Å². The van der Waals surface area contributed by atoms with Gasteiger partial charge in [-0.3, -0.25) is 38.5 Å². The Hall–Kier alpha value is -10.4. The standard InChI is InChI=1S/C92H127N17O18/c1-56-18-12-11-13-19-57(2)73(120-8)49-67-25-21-62(7)92(119,127-67)83(115)87(117)108-31-16-14-20-69(108)88(118)125-74(50-70(110)58(3)45-61(6)81(114)82(122-10)80(113)60(5)44-56)59(4)46-63-22-26-72(75(47-63)121-9)124-77(112)28-23-64-51-96-90(97-52-64)107-39-37-105(38-40-107)76(111)29-42-123-43-41-104-33-35-106(36-34-104)91-98-53-66(54-99-91)86(116)95-30-15-17-32-109-85-78(84(93)100-55-101-85)79(103-109)65-24-27-71-68(48-65)102-89(94)126-71/h11-13,18-19,24,27,45,48,51-56,58-60,62-63,67,69,72-75,81-82,114,119H,14-17,20-23,25-26,28-44,46-47,49-50H2,1-10H3,(H2,94,102)(H,95,116)(H2,93,100,101)/b13-11+,18-12+,57-19+,61-45+/t56-,58-,59-,60-,62-,63+,67+,69+,72-,73+,74+,75-,81-,82+,92-/m1/s1. The molecule has 1 aliphatic carbocycles. The van der Waals surface area contributed by atoms with Gasteiger partial charge in [0.15, 0.2) is 17.0 Å². The van der Waals surface area contributed by atoms with Gasteiger partial charge in [0.2, 0.25) is 23.6 Å². The minimum Gasteiger partial charge on any atom is -0.460 e. The number of allylic oxidation sites excluding steroid dienone is 6. The van der Waals surface area contributed by atoms with E-state index in [0.717, 1.165) is 29.8 Å². The molecule has 6 aromatic rings. The molecule has 7 N–H and O–H groups in total. The van der Waals surface area contributed by atoms with Crippen molar-refractivity contribution in [3.63, 3.8) is 0 Å². The van der Waals surface area contributed by atoms with E-state index in [9.17, 15) is 48.6 Å². The van der Waals surface area contributed by atoms with E-state index >= 15 is 0 Å². The van der Waals surface area contributed by atoms with E-state index in [1.807, 2.05) is 73.1 Å². The van der Waals surface area contributed by atoms with Gasteiger partial charge in [-0.15, -0.1) is 0 Å². The maximum atomic E-state index is 14.8. The minimum absolute atomic E-state index is 0.0176. The van der Waals surface area contributed by atoms with Crippen molar-refractivity contribution in [2.45, 2.75) is 219 Å². The third-order valence-electron chi connectivity index (χ3n) is 25.8. The molecule has 688 valence electrons. The van der Waals surface area contributed by atoms with Crippen LogP contribution in [0.3, 0.4) is 0 Å². The fourth-order valence-electron chi connectivity index (χ4n) is 18.1. The third-order valence-corrected chi connectivity index (χ3v) is 25.8. The Bertz CT molecular complexity index is 4890. The molecule has 1 aromatic carbocycles. The van der Waals surface area contributed by atoms with Gasteiger partial charge in [0.1, 0.15) is 59.6 Å². The Morgan fingerprint density at radius 1 is 0.748 bits per heavy atom. The van der Waals surface area contributed by atoms with Crippen molar-refractivity contribution in [2.75, 3.05) is 128 Å². The van der Waals surface area contributed by atoms with Crippen molar-refractivity contribution in [3.8, 4) is 11.3 Å². The smallest absolute Gasteiger partial charge is 0.329 e. The molecule has 10 heterocycles. The summed E-state index contributed by atoms with van der Waals surface area (Å²) in [6, 6.07) is 4.34. The van der Waals surface area contributed by atoms with E-state index in [1.54, 1.807) is 83.5 Å². The molecule has 3 amide bonds. The van der Waals surface area contributed by atoms with Gasteiger partial charge >= 0.3 is 11.9 Å². The third kappa shape index (κ3) is 24.7. The predicted octanol–water partition coefficient (Wildman–Crippen LogP) is 8.14. The molecule has 127 heavy (non-hydrogen) atoms. The molecule has 35 nitrogen and oxygen atoms in total. The number of aromatic nitrogens is 9. The monoisotopic (exact) mass is 1760 g/mol. The predicted molar refractivity (Wildman–Crippen MR) is 473 cm³/mol. The van der Waals surface area contributed by atoms with Crippen molar-refractivity contribution in [3.05, 3.63) is 108 Å². The molecule has 0 radical (unpaired) electrons. The number of piperidine rings is 1. The number of unbranched alkanes of at least 4 members (excludes halogenated alkanes) is 1. The molecule has 4 saturated heterocycles. The van der Waals surface area contributed by atoms with Gasteiger partial charge in [0.25, 0.3) is 23.6 Å². The number of aliphatic hydroxyl groups is 2. The summed E-state index contributed by atoms with van der Waals surface area (Å²) in [6.07, 6.45) is 19.9. The number of aliphatic hydroxyl groups excluding tert-OH is 1. The number of carbonyl (C=O) groups excluding carboxylic acids is 8. The topological polar surface area (TPSA) is 443 Å². The number of piperazine rings is 2. The SMILES string of the molecule is CO[C@H]1C[C@@H]2CC[C@@H](C)[C@@](O)(O2)C(=O)C(=O)N2CCCC[C@H]2C(=O)O[C@H]([C@H](C)C[C@@H]2CC[C@@H](OC(=O)CCc3cnc(N4CCN(C(=O)CCOCCN5CCN(c6ncc(C(=O)NCCCCn7nc(-c8ccc9oc(N)nc9c8)c8c(N)ncnc87)cn6)CC5)CC4)nc3)[C@H](OC)C2)CC(=O)[C@H](C)/C=C(\C)[C@@H](O)[C@@H](OC)C(=O)[C@H](C)C[C@H](C)/C=C/C=C/C=C/1C. The fourth-order valence-corrected chi connectivity index (χ4v) is 18.1. The number of esters is 2. The maximum Gasteiger partial charge on any atom is 0.329 e. The Balaban J connectivity index is 0.556. The number of rotatable bonds is 25. The van der Waals surface area contributed by atoms with Crippen molar-refractivity contribution >= 4 is 92.9 Å². The number of aryl methyl sites for hydroxylation is 2. The number of anilines is 4. The van der Waals surface area contributed by atoms with E-state index in [1.165, 1.54) is 18.3 Å². The number of hydrogen-bond donors (Lipinski definition) is 5. The fraction of sp³-hybridized carbons (Fsp3) is 0.609. The molecule has 0 spiro atoms. The molecule has 15 atom stereocenters. The van der Waals surface area contributed by atoms with Crippen LogP contribution in [-0.2, 0) is 79.7 Å². The van der Waals surface area contributed by atoms with Crippen molar-refractivity contribution in [1.29, 1.82) is 0 Å². The number of nitrogens with zero attached hydrogens (tertiary/aromatic N) is 14. The molecule has 1 saturated carbocycles. The molecule has 12 rings (SSSR count). The number of carbonyl (C=O) groups is 8. The molecule has 6 aliphatic rings.